The molecule has 3 unspecified atom stereocenters. The molecule has 124 valence electrons. The molecule has 0 aromatic carbocycles. The van der Waals surface area contributed by atoms with E-state index in [-0.39, 0.29) is 0 Å². The number of carboxylic acid groups (broad SMARTS) is 1. The predicted octanol–water partition coefficient (Wildman–Crippen LogP) is 1.49. The first-order valence-corrected chi connectivity index (χ1v) is 8.23. The average Bonchev–Trinajstić information content (AvgIpc) is 2.78. The highest BCUT2D eigenvalue weighted by Crippen LogP contribution is 2.22. The van der Waals surface area contributed by atoms with Crippen LogP contribution in [-0.4, -0.2) is 72.7 Å². The number of nitrogens with one attached hydrogen (secondary N) is 1. The number of carboxylic acids is 1. The molecule has 1 aliphatic rings. The van der Waals surface area contributed by atoms with Gasteiger partial charge in [-0.05, 0) is 52.4 Å². The molecule has 1 rings (SSSR count). The van der Waals surface area contributed by atoms with Gasteiger partial charge in [-0.15, -0.1) is 0 Å². The van der Waals surface area contributed by atoms with E-state index in [2.05, 4.69) is 36.1 Å². The number of carbonyl (C=O) groups is 1. The van der Waals surface area contributed by atoms with Gasteiger partial charge in [0.05, 0.1) is 0 Å². The predicted molar refractivity (Wildman–Crippen MR) is 86.6 cm³/mol. The van der Waals surface area contributed by atoms with E-state index in [9.17, 15) is 9.90 Å². The van der Waals surface area contributed by atoms with Crippen LogP contribution in [0.25, 0.3) is 0 Å². The number of hydrogen-bond acceptors (Lipinski definition) is 4. The molecule has 1 aliphatic heterocycles. The van der Waals surface area contributed by atoms with E-state index in [1.54, 1.807) is 0 Å². The molecule has 0 aliphatic carbocycles. The largest absolute Gasteiger partial charge is 0.480 e. The second-order valence-electron chi connectivity index (χ2n) is 6.64. The molecule has 21 heavy (non-hydrogen) atoms. The van der Waals surface area contributed by atoms with Crippen LogP contribution in [-0.2, 0) is 4.79 Å². The lowest BCUT2D eigenvalue weighted by molar-refractivity contribution is -0.145. The van der Waals surface area contributed by atoms with Crippen molar-refractivity contribution < 1.29 is 9.90 Å². The normalized spacial score (nSPS) is 26.2. The Labute approximate surface area is 129 Å². The minimum Gasteiger partial charge on any atom is -0.480 e. The smallest absolute Gasteiger partial charge is 0.323 e. The molecule has 0 amide bonds. The van der Waals surface area contributed by atoms with Crippen molar-refractivity contribution in [2.45, 2.75) is 51.6 Å². The summed E-state index contributed by atoms with van der Waals surface area (Å²) in [4.78, 5) is 16.4. The van der Waals surface area contributed by atoms with Crippen molar-refractivity contribution in [2.75, 3.05) is 40.3 Å². The third-order valence-electron chi connectivity index (χ3n) is 4.92. The highest BCUT2D eigenvalue weighted by Gasteiger charge is 2.36. The Morgan fingerprint density at radius 2 is 2.05 bits per heavy atom. The van der Waals surface area contributed by atoms with Gasteiger partial charge in [-0.2, -0.15) is 0 Å². The molecule has 5 heteroatoms. The van der Waals surface area contributed by atoms with Crippen molar-refractivity contribution in [2.24, 2.45) is 5.92 Å². The summed E-state index contributed by atoms with van der Waals surface area (Å²) in [5, 5.41) is 12.7. The lowest BCUT2D eigenvalue weighted by Crippen LogP contribution is -2.51. The molecular weight excluding hydrogens is 266 g/mol. The average molecular weight is 299 g/mol. The lowest BCUT2D eigenvalue weighted by Gasteiger charge is -2.30. The van der Waals surface area contributed by atoms with Crippen LogP contribution in [0.4, 0.5) is 0 Å². The van der Waals surface area contributed by atoms with Crippen molar-refractivity contribution in [1.82, 2.24) is 15.1 Å². The molecule has 0 spiro atoms. The standard InChI is InChI=1S/C16H33N3O2/c1-6-16(15(20)21,17-7-2)9-8-10-19-11-13(3)14(12-19)18(4)5/h13-14,17H,6-12H2,1-5H3,(H,20,21). The van der Waals surface area contributed by atoms with Gasteiger partial charge in [0.1, 0.15) is 5.54 Å². The van der Waals surface area contributed by atoms with Gasteiger partial charge in [0.15, 0.2) is 0 Å². The molecule has 2 N–H and O–H groups in total. The third kappa shape index (κ3) is 4.66. The van der Waals surface area contributed by atoms with Gasteiger partial charge in [-0.25, -0.2) is 0 Å². The number of rotatable bonds is 9. The van der Waals surface area contributed by atoms with Crippen LogP contribution in [0.1, 0.15) is 40.0 Å². The maximum absolute atomic E-state index is 11.6. The zero-order valence-electron chi connectivity index (χ0n) is 14.4. The molecule has 0 saturated carbocycles. The van der Waals surface area contributed by atoms with Crippen LogP contribution in [0.2, 0.25) is 0 Å². The summed E-state index contributed by atoms with van der Waals surface area (Å²) < 4.78 is 0. The molecule has 0 radical (unpaired) electrons. The summed E-state index contributed by atoms with van der Waals surface area (Å²) >= 11 is 0. The molecule has 3 atom stereocenters. The third-order valence-corrected chi connectivity index (χ3v) is 4.92. The maximum atomic E-state index is 11.6. The molecule has 5 nitrogen and oxygen atoms in total. The van der Waals surface area contributed by atoms with Crippen molar-refractivity contribution in [1.29, 1.82) is 0 Å². The van der Waals surface area contributed by atoms with E-state index in [0.717, 1.165) is 26.1 Å². The monoisotopic (exact) mass is 299 g/mol. The summed E-state index contributed by atoms with van der Waals surface area (Å²) in [5.41, 5.74) is -0.749. The van der Waals surface area contributed by atoms with Crippen LogP contribution < -0.4 is 5.32 Å². The van der Waals surface area contributed by atoms with Crippen molar-refractivity contribution >= 4 is 5.97 Å². The summed E-state index contributed by atoms with van der Waals surface area (Å²) in [6.07, 6.45) is 2.26. The van der Waals surface area contributed by atoms with Crippen molar-refractivity contribution in [3.63, 3.8) is 0 Å². The Balaban J connectivity index is 2.47. The Bertz CT molecular complexity index is 335. The van der Waals surface area contributed by atoms with Gasteiger partial charge in [0.2, 0.25) is 0 Å². The first-order valence-electron chi connectivity index (χ1n) is 8.23. The van der Waals surface area contributed by atoms with Gasteiger partial charge in [0.25, 0.3) is 0 Å². The SMILES string of the molecule is CCNC(CC)(CCCN1CC(C)C(N(C)C)C1)C(=O)O. The van der Waals surface area contributed by atoms with Gasteiger partial charge < -0.3 is 20.2 Å². The second kappa shape index (κ2) is 8.11. The highest BCUT2D eigenvalue weighted by molar-refractivity contribution is 5.78. The lowest BCUT2D eigenvalue weighted by atomic mass is 9.90. The van der Waals surface area contributed by atoms with Gasteiger partial charge in [-0.3, -0.25) is 4.79 Å². The quantitative estimate of drug-likeness (QED) is 0.675. The first kappa shape index (κ1) is 18.4. The maximum Gasteiger partial charge on any atom is 0.323 e. The molecule has 0 aromatic heterocycles. The number of likely N-dealkylation sites (tertiary alicyclic amines) is 1. The fourth-order valence-corrected chi connectivity index (χ4v) is 3.57. The van der Waals surface area contributed by atoms with E-state index >= 15 is 0 Å². The zero-order chi connectivity index (χ0) is 16.0. The fourth-order valence-electron chi connectivity index (χ4n) is 3.57. The topological polar surface area (TPSA) is 55.8 Å². The molecule has 1 heterocycles. The number of nitrogens with zero attached hydrogens (tertiary/aromatic N) is 2. The van der Waals surface area contributed by atoms with E-state index in [4.69, 9.17) is 0 Å². The van der Waals surface area contributed by atoms with Gasteiger partial charge in [-0.1, -0.05) is 20.8 Å². The van der Waals surface area contributed by atoms with Crippen LogP contribution >= 0.6 is 0 Å². The van der Waals surface area contributed by atoms with Crippen LogP contribution in [0.3, 0.4) is 0 Å². The first-order chi connectivity index (χ1) is 9.86. The highest BCUT2D eigenvalue weighted by atomic mass is 16.4. The number of likely N-dealkylation sites (N-methyl/N-ethyl adjacent to an activating group) is 2. The van der Waals surface area contributed by atoms with Crippen LogP contribution in [0, 0.1) is 5.92 Å². The Morgan fingerprint density at radius 1 is 1.38 bits per heavy atom. The van der Waals surface area contributed by atoms with Crippen molar-refractivity contribution in [3.8, 4) is 0 Å². The molecule has 0 bridgehead atoms. The summed E-state index contributed by atoms with van der Waals surface area (Å²) in [6, 6.07) is 0.620. The summed E-state index contributed by atoms with van der Waals surface area (Å²) in [5.74, 6) is -0.0306. The molecule has 0 aromatic rings. The fraction of sp³-hybridized carbons (Fsp3) is 0.938. The molecule has 1 fully saturated rings. The Kier molecular flexibility index (Phi) is 7.10. The van der Waals surface area contributed by atoms with Gasteiger partial charge in [0, 0.05) is 19.1 Å². The van der Waals surface area contributed by atoms with Crippen LogP contribution in [0.15, 0.2) is 0 Å². The van der Waals surface area contributed by atoms with Crippen molar-refractivity contribution in [3.05, 3.63) is 0 Å². The second-order valence-corrected chi connectivity index (χ2v) is 6.64. The van der Waals surface area contributed by atoms with E-state index in [0.29, 0.717) is 31.3 Å². The summed E-state index contributed by atoms with van der Waals surface area (Å²) in [6.45, 7) is 10.1. The van der Waals surface area contributed by atoms with E-state index in [1.807, 2.05) is 13.8 Å². The number of hydrogen-bond donors (Lipinski definition) is 2. The Morgan fingerprint density at radius 3 is 2.48 bits per heavy atom. The minimum absolute atomic E-state index is 0.620. The van der Waals surface area contributed by atoms with Crippen LogP contribution in [0.5, 0.6) is 0 Å². The molecule has 1 saturated heterocycles. The minimum atomic E-state index is -0.749. The van der Waals surface area contributed by atoms with E-state index in [1.165, 1.54) is 0 Å². The zero-order valence-corrected chi connectivity index (χ0v) is 14.4. The van der Waals surface area contributed by atoms with E-state index < -0.39 is 11.5 Å². The molecular formula is C16H33N3O2. The Hall–Kier alpha value is -0.650. The summed E-state index contributed by atoms with van der Waals surface area (Å²) in [7, 11) is 4.28. The number of aliphatic carboxylic acids is 1. The van der Waals surface area contributed by atoms with Gasteiger partial charge >= 0.3 is 5.97 Å².